The summed E-state index contributed by atoms with van der Waals surface area (Å²) in [4.78, 5) is 43.2. The molecule has 2 aliphatic heterocycles. The van der Waals surface area contributed by atoms with Crippen LogP contribution in [0.4, 0.5) is 4.79 Å². The first-order valence-corrected chi connectivity index (χ1v) is 10.9. The highest BCUT2D eigenvalue weighted by molar-refractivity contribution is 6.09. The van der Waals surface area contributed by atoms with Gasteiger partial charge in [-0.25, -0.2) is 4.79 Å². The van der Waals surface area contributed by atoms with Crippen LogP contribution in [0.5, 0.6) is 0 Å². The van der Waals surface area contributed by atoms with Crippen molar-refractivity contribution in [1.82, 2.24) is 20.0 Å². The molecule has 3 aliphatic rings. The molecule has 2 heterocycles. The van der Waals surface area contributed by atoms with Crippen molar-refractivity contribution in [3.05, 3.63) is 42.0 Å². The summed E-state index contributed by atoms with van der Waals surface area (Å²) in [6, 6.07) is 9.76. The van der Waals surface area contributed by atoms with E-state index in [1.807, 2.05) is 18.2 Å². The normalized spacial score (nSPS) is 22.1. The second-order valence-corrected chi connectivity index (χ2v) is 8.46. The van der Waals surface area contributed by atoms with Crippen LogP contribution in [-0.2, 0) is 9.59 Å². The molecule has 1 aromatic rings. The van der Waals surface area contributed by atoms with Gasteiger partial charge in [0, 0.05) is 32.7 Å². The first kappa shape index (κ1) is 20.6. The summed E-state index contributed by atoms with van der Waals surface area (Å²) in [5, 5.41) is 2.87. The summed E-state index contributed by atoms with van der Waals surface area (Å²) >= 11 is 0. The molecular formula is C23H30N4O3. The smallest absolute Gasteiger partial charge is 0.325 e. The van der Waals surface area contributed by atoms with Crippen molar-refractivity contribution < 1.29 is 14.4 Å². The third-order valence-electron chi connectivity index (χ3n) is 6.44. The molecule has 0 aromatic heterocycles. The molecule has 160 valence electrons. The second-order valence-electron chi connectivity index (χ2n) is 8.46. The standard InChI is InChI=1S/C23H30N4O3/c28-20(18-27-21(29)23(24-22(27)30)11-5-2-6-12-23)26-16-14-25(15-17-26)13-7-10-19-8-3-1-4-9-19/h1,3-4,7-10H,2,5-6,11-18H2,(H,24,30)/b10-7+. The van der Waals surface area contributed by atoms with Crippen LogP contribution >= 0.6 is 0 Å². The van der Waals surface area contributed by atoms with Gasteiger partial charge in [0.25, 0.3) is 5.91 Å². The van der Waals surface area contributed by atoms with Crippen molar-refractivity contribution in [3.63, 3.8) is 0 Å². The van der Waals surface area contributed by atoms with Crippen molar-refractivity contribution in [2.75, 3.05) is 39.3 Å². The second kappa shape index (κ2) is 9.00. The lowest BCUT2D eigenvalue weighted by molar-refractivity contribution is -0.140. The Kier molecular flexibility index (Phi) is 6.18. The topological polar surface area (TPSA) is 73.0 Å². The highest BCUT2D eigenvalue weighted by atomic mass is 16.2. The quantitative estimate of drug-likeness (QED) is 0.755. The Morgan fingerprint density at radius 1 is 1.00 bits per heavy atom. The van der Waals surface area contributed by atoms with Crippen LogP contribution in [-0.4, -0.2) is 77.4 Å². The minimum absolute atomic E-state index is 0.147. The predicted octanol–water partition coefficient (Wildman–Crippen LogP) is 2.10. The number of amides is 4. The molecule has 1 aromatic carbocycles. The number of urea groups is 1. The third kappa shape index (κ3) is 4.41. The number of carbonyl (C=O) groups is 3. The number of imide groups is 1. The highest BCUT2D eigenvalue weighted by Gasteiger charge is 2.51. The molecular weight excluding hydrogens is 380 g/mol. The van der Waals surface area contributed by atoms with E-state index in [4.69, 9.17) is 0 Å². The van der Waals surface area contributed by atoms with E-state index in [9.17, 15) is 14.4 Å². The summed E-state index contributed by atoms with van der Waals surface area (Å²) in [6.45, 7) is 3.50. The SMILES string of the molecule is O=C(CN1C(=O)NC2(CCCCC2)C1=O)N1CCN(C/C=C/c2ccccc2)CC1. The molecule has 1 spiro atoms. The van der Waals surface area contributed by atoms with Crippen LogP contribution in [0.1, 0.15) is 37.7 Å². The molecule has 0 atom stereocenters. The molecule has 30 heavy (non-hydrogen) atoms. The Labute approximate surface area is 177 Å². The molecule has 0 bridgehead atoms. The van der Waals surface area contributed by atoms with Crippen molar-refractivity contribution in [1.29, 1.82) is 0 Å². The molecule has 1 saturated carbocycles. The van der Waals surface area contributed by atoms with Crippen LogP contribution in [0.3, 0.4) is 0 Å². The molecule has 4 rings (SSSR count). The van der Waals surface area contributed by atoms with E-state index in [0.717, 1.165) is 43.8 Å². The fourth-order valence-corrected chi connectivity index (χ4v) is 4.63. The van der Waals surface area contributed by atoms with Gasteiger partial charge in [0.15, 0.2) is 0 Å². The van der Waals surface area contributed by atoms with Gasteiger partial charge in [0.05, 0.1) is 0 Å². The lowest BCUT2D eigenvalue weighted by Gasteiger charge is -2.35. The third-order valence-corrected chi connectivity index (χ3v) is 6.44. The molecule has 4 amide bonds. The van der Waals surface area contributed by atoms with Gasteiger partial charge < -0.3 is 10.2 Å². The summed E-state index contributed by atoms with van der Waals surface area (Å²) < 4.78 is 0. The Morgan fingerprint density at radius 2 is 1.70 bits per heavy atom. The number of rotatable bonds is 5. The average molecular weight is 411 g/mol. The zero-order valence-electron chi connectivity index (χ0n) is 17.4. The number of piperazine rings is 1. The van der Waals surface area contributed by atoms with Gasteiger partial charge in [-0.15, -0.1) is 0 Å². The maximum atomic E-state index is 12.9. The van der Waals surface area contributed by atoms with Gasteiger partial charge in [-0.05, 0) is 18.4 Å². The van der Waals surface area contributed by atoms with E-state index in [1.54, 1.807) is 4.90 Å². The van der Waals surface area contributed by atoms with Crippen molar-refractivity contribution in [2.24, 2.45) is 0 Å². The van der Waals surface area contributed by atoms with E-state index >= 15 is 0 Å². The molecule has 1 aliphatic carbocycles. The maximum Gasteiger partial charge on any atom is 0.325 e. The van der Waals surface area contributed by atoms with Crippen LogP contribution in [0.2, 0.25) is 0 Å². The highest BCUT2D eigenvalue weighted by Crippen LogP contribution is 2.33. The number of benzene rings is 1. The maximum absolute atomic E-state index is 12.9. The van der Waals surface area contributed by atoms with Crippen LogP contribution in [0, 0.1) is 0 Å². The van der Waals surface area contributed by atoms with Gasteiger partial charge in [-0.2, -0.15) is 0 Å². The Bertz CT molecular complexity index is 809. The lowest BCUT2D eigenvalue weighted by Crippen LogP contribution is -2.52. The lowest BCUT2D eigenvalue weighted by atomic mass is 9.82. The molecule has 3 fully saturated rings. The number of nitrogens with zero attached hydrogens (tertiary/aromatic N) is 3. The first-order chi connectivity index (χ1) is 14.6. The number of hydrogen-bond donors (Lipinski definition) is 1. The predicted molar refractivity (Wildman–Crippen MR) is 115 cm³/mol. The van der Waals surface area contributed by atoms with Gasteiger partial charge in [-0.1, -0.05) is 61.7 Å². The van der Waals surface area contributed by atoms with Gasteiger partial charge in [0.1, 0.15) is 12.1 Å². The molecule has 1 N–H and O–H groups in total. The Hall–Kier alpha value is -2.67. The fraction of sp³-hybridized carbons (Fsp3) is 0.522. The van der Waals surface area contributed by atoms with Crippen molar-refractivity contribution in [3.8, 4) is 0 Å². The van der Waals surface area contributed by atoms with Gasteiger partial charge in [0.2, 0.25) is 5.91 Å². The van der Waals surface area contributed by atoms with Gasteiger partial charge >= 0.3 is 6.03 Å². The van der Waals surface area contributed by atoms with Crippen LogP contribution in [0.15, 0.2) is 36.4 Å². The van der Waals surface area contributed by atoms with Crippen molar-refractivity contribution in [2.45, 2.75) is 37.6 Å². The summed E-state index contributed by atoms with van der Waals surface area (Å²) in [7, 11) is 0. The largest absolute Gasteiger partial charge is 0.339 e. The first-order valence-electron chi connectivity index (χ1n) is 10.9. The molecule has 2 saturated heterocycles. The zero-order valence-corrected chi connectivity index (χ0v) is 17.4. The fourth-order valence-electron chi connectivity index (χ4n) is 4.63. The van der Waals surface area contributed by atoms with E-state index in [1.165, 1.54) is 5.56 Å². The van der Waals surface area contributed by atoms with E-state index in [0.29, 0.717) is 25.9 Å². The molecule has 0 radical (unpaired) electrons. The minimum atomic E-state index is -0.764. The molecule has 7 nitrogen and oxygen atoms in total. The zero-order chi connectivity index (χ0) is 21.0. The molecule has 0 unspecified atom stereocenters. The monoisotopic (exact) mass is 410 g/mol. The number of nitrogens with one attached hydrogen (secondary N) is 1. The Morgan fingerprint density at radius 3 is 2.40 bits per heavy atom. The Balaban J connectivity index is 1.25. The van der Waals surface area contributed by atoms with E-state index in [2.05, 4.69) is 34.5 Å². The molecule has 7 heteroatoms. The van der Waals surface area contributed by atoms with Crippen LogP contribution in [0.25, 0.3) is 6.08 Å². The van der Waals surface area contributed by atoms with Crippen molar-refractivity contribution >= 4 is 23.9 Å². The van der Waals surface area contributed by atoms with E-state index < -0.39 is 11.6 Å². The number of carbonyl (C=O) groups excluding carboxylic acids is 3. The summed E-state index contributed by atoms with van der Waals surface area (Å²) in [5.41, 5.74) is 0.412. The summed E-state index contributed by atoms with van der Waals surface area (Å²) in [6.07, 6.45) is 8.58. The number of hydrogen-bond acceptors (Lipinski definition) is 4. The minimum Gasteiger partial charge on any atom is -0.339 e. The summed E-state index contributed by atoms with van der Waals surface area (Å²) in [5.74, 6) is -0.365. The van der Waals surface area contributed by atoms with Gasteiger partial charge in [-0.3, -0.25) is 19.4 Å². The van der Waals surface area contributed by atoms with Crippen LogP contribution < -0.4 is 5.32 Å². The average Bonchev–Trinajstić information content (AvgIpc) is 2.99. The van der Waals surface area contributed by atoms with E-state index in [-0.39, 0.29) is 18.4 Å².